The molecule has 0 saturated carbocycles. The molecule has 0 heterocycles. The highest BCUT2D eigenvalue weighted by atomic mass is 35.5. The summed E-state index contributed by atoms with van der Waals surface area (Å²) in [5, 5.41) is 2.43. The maximum absolute atomic E-state index is 5.89. The molecule has 1 rings (SSSR count). The summed E-state index contributed by atoms with van der Waals surface area (Å²) in [5.74, 6) is 0. The zero-order valence-corrected chi connectivity index (χ0v) is 9.16. The summed E-state index contributed by atoms with van der Waals surface area (Å²) in [4.78, 5) is 5.11. The molecule has 0 aliphatic heterocycles. The molecule has 0 amide bonds. The average molecular weight is 215 g/mol. The molecular weight excluding hydrogens is 200 g/mol. The van der Waals surface area contributed by atoms with E-state index >= 15 is 0 Å². The van der Waals surface area contributed by atoms with Crippen LogP contribution in [0.2, 0.25) is 5.02 Å². The van der Waals surface area contributed by atoms with Crippen molar-refractivity contribution in [2.75, 3.05) is 20.7 Å². The topological polar surface area (TPSA) is 38.5 Å². The minimum absolute atomic E-state index is 0.0405. The van der Waals surface area contributed by atoms with Crippen LogP contribution in [-0.2, 0) is 4.84 Å². The maximum atomic E-state index is 5.89. The van der Waals surface area contributed by atoms with Crippen LogP contribution >= 0.6 is 11.6 Å². The highest BCUT2D eigenvalue weighted by Crippen LogP contribution is 2.21. The molecule has 14 heavy (non-hydrogen) atoms. The highest BCUT2D eigenvalue weighted by molar-refractivity contribution is 6.30. The lowest BCUT2D eigenvalue weighted by Crippen LogP contribution is -2.29. The van der Waals surface area contributed by atoms with Crippen LogP contribution in [0.15, 0.2) is 24.3 Å². The molecule has 0 spiro atoms. The molecule has 0 radical (unpaired) electrons. The second-order valence-corrected chi connectivity index (χ2v) is 3.47. The Kier molecular flexibility index (Phi) is 4.35. The molecule has 0 aliphatic rings. The molecular formula is C10H15ClN2O. The molecule has 1 aromatic rings. The predicted octanol–water partition coefficient (Wildman–Crippen LogP) is 1.83. The summed E-state index contributed by atoms with van der Waals surface area (Å²) in [5.41, 5.74) is 6.73. The minimum Gasteiger partial charge on any atom is -0.329 e. The van der Waals surface area contributed by atoms with Gasteiger partial charge in [-0.25, -0.2) is 0 Å². The summed E-state index contributed by atoms with van der Waals surface area (Å²) in [7, 11) is 3.46. The molecule has 0 aliphatic carbocycles. The Labute approximate surface area is 89.4 Å². The Hall–Kier alpha value is -0.610. The first-order valence-corrected chi connectivity index (χ1v) is 4.79. The van der Waals surface area contributed by atoms with E-state index in [4.69, 9.17) is 22.2 Å². The van der Waals surface area contributed by atoms with Crippen LogP contribution in [0, 0.1) is 0 Å². The zero-order chi connectivity index (χ0) is 10.6. The van der Waals surface area contributed by atoms with E-state index in [0.717, 1.165) is 5.56 Å². The average Bonchev–Trinajstić information content (AvgIpc) is 2.19. The molecule has 0 bridgehead atoms. The number of nitrogens with zero attached hydrogens (tertiary/aromatic N) is 1. The smallest absolute Gasteiger partial charge is 0.0721 e. The molecule has 1 aromatic carbocycles. The van der Waals surface area contributed by atoms with E-state index in [0.29, 0.717) is 11.6 Å². The number of hydroxylamine groups is 2. The van der Waals surface area contributed by atoms with Gasteiger partial charge in [-0.15, -0.1) is 0 Å². The Morgan fingerprint density at radius 3 is 2.79 bits per heavy atom. The number of likely N-dealkylation sites (N-methyl/N-ethyl adjacent to an activating group) is 1. The van der Waals surface area contributed by atoms with Gasteiger partial charge in [0.05, 0.1) is 13.2 Å². The molecule has 0 fully saturated rings. The van der Waals surface area contributed by atoms with Gasteiger partial charge in [0.15, 0.2) is 0 Å². The third-order valence-electron chi connectivity index (χ3n) is 2.18. The first-order chi connectivity index (χ1) is 6.69. The van der Waals surface area contributed by atoms with Crippen molar-refractivity contribution in [2.24, 2.45) is 5.73 Å². The number of nitrogens with two attached hydrogens (primary N) is 1. The molecule has 1 atom stereocenters. The predicted molar refractivity (Wildman–Crippen MR) is 58.0 cm³/mol. The van der Waals surface area contributed by atoms with Crippen molar-refractivity contribution in [1.82, 2.24) is 5.06 Å². The van der Waals surface area contributed by atoms with Gasteiger partial charge in [0.2, 0.25) is 0 Å². The first-order valence-electron chi connectivity index (χ1n) is 4.41. The first kappa shape index (κ1) is 11.5. The van der Waals surface area contributed by atoms with Crippen LogP contribution in [0.25, 0.3) is 0 Å². The van der Waals surface area contributed by atoms with Crippen molar-refractivity contribution in [2.45, 2.75) is 6.04 Å². The van der Waals surface area contributed by atoms with Crippen molar-refractivity contribution in [3.8, 4) is 0 Å². The third kappa shape index (κ3) is 2.69. The fraction of sp³-hybridized carbons (Fsp3) is 0.400. The van der Waals surface area contributed by atoms with Gasteiger partial charge in [0.1, 0.15) is 0 Å². The van der Waals surface area contributed by atoms with Crippen LogP contribution in [0.3, 0.4) is 0 Å². The van der Waals surface area contributed by atoms with E-state index in [1.54, 1.807) is 12.2 Å². The van der Waals surface area contributed by atoms with Gasteiger partial charge in [0.25, 0.3) is 0 Å². The fourth-order valence-corrected chi connectivity index (χ4v) is 1.53. The quantitative estimate of drug-likeness (QED) is 0.778. The third-order valence-corrected chi connectivity index (χ3v) is 2.42. The van der Waals surface area contributed by atoms with Gasteiger partial charge in [-0.3, -0.25) is 0 Å². The lowest BCUT2D eigenvalue weighted by atomic mass is 10.1. The van der Waals surface area contributed by atoms with Crippen LogP contribution in [0.1, 0.15) is 11.6 Å². The van der Waals surface area contributed by atoms with Gasteiger partial charge in [-0.05, 0) is 17.7 Å². The molecule has 0 aromatic heterocycles. The molecule has 1 unspecified atom stereocenters. The Balaban J connectivity index is 2.89. The molecule has 2 N–H and O–H groups in total. The number of rotatable bonds is 4. The van der Waals surface area contributed by atoms with Crippen molar-refractivity contribution < 1.29 is 4.84 Å². The van der Waals surface area contributed by atoms with Crippen molar-refractivity contribution in [1.29, 1.82) is 0 Å². The van der Waals surface area contributed by atoms with Crippen LogP contribution in [0.4, 0.5) is 0 Å². The Morgan fingerprint density at radius 2 is 2.29 bits per heavy atom. The van der Waals surface area contributed by atoms with Gasteiger partial charge in [-0.1, -0.05) is 23.7 Å². The number of halogens is 1. The second-order valence-electron chi connectivity index (χ2n) is 3.04. The Morgan fingerprint density at radius 1 is 1.57 bits per heavy atom. The van der Waals surface area contributed by atoms with Gasteiger partial charge >= 0.3 is 0 Å². The number of hydrogen-bond acceptors (Lipinski definition) is 3. The van der Waals surface area contributed by atoms with E-state index in [-0.39, 0.29) is 6.04 Å². The summed E-state index contributed by atoms with van der Waals surface area (Å²) in [6.45, 7) is 0.491. The molecule has 3 nitrogen and oxygen atoms in total. The van der Waals surface area contributed by atoms with Crippen LogP contribution < -0.4 is 5.73 Å². The standard InChI is InChI=1S/C10H15ClN2O/c1-13(14-2)10(7-12)8-4-3-5-9(11)6-8/h3-6,10H,7,12H2,1-2H3. The largest absolute Gasteiger partial charge is 0.329 e. The van der Waals surface area contributed by atoms with Gasteiger partial charge in [0, 0.05) is 18.6 Å². The summed E-state index contributed by atoms with van der Waals surface area (Å²) < 4.78 is 0. The Bertz CT molecular complexity index is 293. The maximum Gasteiger partial charge on any atom is 0.0721 e. The number of hydrogen-bond donors (Lipinski definition) is 1. The summed E-state index contributed by atoms with van der Waals surface area (Å²) in [6, 6.07) is 7.67. The zero-order valence-electron chi connectivity index (χ0n) is 8.40. The molecule has 0 saturated heterocycles. The van der Waals surface area contributed by atoms with E-state index in [1.165, 1.54) is 0 Å². The summed E-state index contributed by atoms with van der Waals surface area (Å²) >= 11 is 5.89. The molecule has 4 heteroatoms. The van der Waals surface area contributed by atoms with Crippen molar-refractivity contribution >= 4 is 11.6 Å². The van der Waals surface area contributed by atoms with Crippen molar-refractivity contribution in [3.05, 3.63) is 34.9 Å². The van der Waals surface area contributed by atoms with E-state index in [9.17, 15) is 0 Å². The van der Waals surface area contributed by atoms with E-state index in [2.05, 4.69) is 0 Å². The normalized spacial score (nSPS) is 13.2. The fourth-order valence-electron chi connectivity index (χ4n) is 1.34. The van der Waals surface area contributed by atoms with Crippen molar-refractivity contribution in [3.63, 3.8) is 0 Å². The minimum atomic E-state index is 0.0405. The molecule has 78 valence electrons. The van der Waals surface area contributed by atoms with E-state index in [1.807, 2.05) is 31.3 Å². The van der Waals surface area contributed by atoms with Crippen LogP contribution in [-0.4, -0.2) is 25.8 Å². The SMILES string of the molecule is CON(C)C(CN)c1cccc(Cl)c1. The summed E-state index contributed by atoms with van der Waals surface area (Å²) in [6.07, 6.45) is 0. The number of benzene rings is 1. The van der Waals surface area contributed by atoms with Gasteiger partial charge in [-0.2, -0.15) is 5.06 Å². The highest BCUT2D eigenvalue weighted by Gasteiger charge is 2.14. The second kappa shape index (κ2) is 5.32. The lowest BCUT2D eigenvalue weighted by Gasteiger charge is -2.24. The monoisotopic (exact) mass is 214 g/mol. The van der Waals surface area contributed by atoms with E-state index < -0.39 is 0 Å². The van der Waals surface area contributed by atoms with Gasteiger partial charge < -0.3 is 10.6 Å². The lowest BCUT2D eigenvalue weighted by molar-refractivity contribution is -0.140. The van der Waals surface area contributed by atoms with Crippen LogP contribution in [0.5, 0.6) is 0 Å².